The second-order valence-corrected chi connectivity index (χ2v) is 14.3. The van der Waals surface area contributed by atoms with Gasteiger partial charge in [0, 0.05) is 42.9 Å². The van der Waals surface area contributed by atoms with Gasteiger partial charge in [0.15, 0.2) is 0 Å². The first kappa shape index (κ1) is 38.5. The number of nitrogens with two attached hydrogens (primary N) is 1. The normalized spacial score (nSPS) is 11.7. The second-order valence-electron chi connectivity index (χ2n) is 12.0. The van der Waals surface area contributed by atoms with Gasteiger partial charge < -0.3 is 25.1 Å². The Kier molecular flexibility index (Phi) is 14.1. The van der Waals surface area contributed by atoms with Crippen LogP contribution in [0.4, 0.5) is 16.3 Å². The Morgan fingerprint density at radius 3 is 2.41 bits per heavy atom. The fourth-order valence-electron chi connectivity index (χ4n) is 5.14. The number of unbranched alkanes of at least 4 members (excludes halogenated alkanes) is 3. The monoisotopic (exact) mass is 719 g/mol. The van der Waals surface area contributed by atoms with Gasteiger partial charge in [-0.25, -0.2) is 23.2 Å². The van der Waals surface area contributed by atoms with Crippen molar-refractivity contribution in [3.63, 3.8) is 0 Å². The molecule has 3 N–H and O–H groups in total. The van der Waals surface area contributed by atoms with Crippen LogP contribution in [-0.2, 0) is 37.7 Å². The standard InChI is InChI=1S/C36H45N7O7S/c1-4-5-6-9-21-50-36(46)41-34(37)26-12-15-28(16-13-26)39-25-32-40-29-24-27(14-17-30(29)42(32)2)35(45)43(31-11-7-8-19-38-31)20-18-33(44)49-22-10-23-51(3,47)48/h7-8,11-17,19,24,39H,4-6,9-10,18,20-23,25H2,1-3H3,(H2,37,41,46). The molecule has 4 aromatic rings. The predicted molar refractivity (Wildman–Crippen MR) is 197 cm³/mol. The summed E-state index contributed by atoms with van der Waals surface area (Å²) < 4.78 is 34.9. The van der Waals surface area contributed by atoms with Crippen molar-refractivity contribution < 1.29 is 32.3 Å². The Balaban J connectivity index is 1.38. The Morgan fingerprint density at radius 2 is 1.71 bits per heavy atom. The number of nitrogens with zero attached hydrogens (tertiary/aromatic N) is 5. The molecule has 0 aliphatic carbocycles. The van der Waals surface area contributed by atoms with Gasteiger partial charge in [-0.3, -0.25) is 14.5 Å². The molecule has 14 nitrogen and oxygen atoms in total. The minimum Gasteiger partial charge on any atom is -0.466 e. The molecule has 0 unspecified atom stereocenters. The SMILES string of the molecule is CCCCCCOC(=O)/N=C(\N)c1ccc(NCc2nc3cc(C(=O)N(CCC(=O)OCCCS(C)(=O)=O)c4ccccn4)ccc3n2C)cc1. The number of carbonyl (C=O) groups excluding carboxylic acids is 3. The average Bonchev–Trinajstić information content (AvgIpc) is 3.43. The number of carbonyl (C=O) groups is 3. The van der Waals surface area contributed by atoms with Crippen molar-refractivity contribution in [2.45, 2.75) is 52.0 Å². The first-order valence-corrected chi connectivity index (χ1v) is 18.9. The predicted octanol–water partition coefficient (Wildman–Crippen LogP) is 5.02. The van der Waals surface area contributed by atoms with E-state index >= 15 is 0 Å². The van der Waals surface area contributed by atoms with Crippen molar-refractivity contribution in [2.75, 3.05) is 42.0 Å². The van der Waals surface area contributed by atoms with Crippen molar-refractivity contribution in [1.82, 2.24) is 14.5 Å². The lowest BCUT2D eigenvalue weighted by Gasteiger charge is -2.21. The summed E-state index contributed by atoms with van der Waals surface area (Å²) in [6.45, 7) is 2.80. The minimum atomic E-state index is -3.15. The van der Waals surface area contributed by atoms with Crippen LogP contribution < -0.4 is 16.0 Å². The molecule has 2 heterocycles. The number of sulfone groups is 1. The molecular formula is C36H45N7O7S. The van der Waals surface area contributed by atoms with Crippen molar-refractivity contribution in [1.29, 1.82) is 0 Å². The number of fused-ring (bicyclic) bond motifs is 1. The Bertz CT molecular complexity index is 1930. The van der Waals surface area contributed by atoms with E-state index in [1.165, 1.54) is 4.90 Å². The number of aliphatic imine (C=N–C) groups is 1. The fourth-order valence-corrected chi connectivity index (χ4v) is 5.78. The number of pyridine rings is 1. The molecule has 0 aliphatic heterocycles. The third kappa shape index (κ3) is 11.9. The molecule has 0 bridgehead atoms. The molecule has 0 atom stereocenters. The van der Waals surface area contributed by atoms with E-state index in [1.54, 1.807) is 48.7 Å². The number of imidazole rings is 1. The van der Waals surface area contributed by atoms with Crippen LogP contribution in [0.25, 0.3) is 11.0 Å². The maximum Gasteiger partial charge on any atom is 0.435 e. The molecule has 272 valence electrons. The number of aryl methyl sites for hydroxylation is 1. The number of rotatable bonds is 18. The number of anilines is 2. The molecule has 4 rings (SSSR count). The summed E-state index contributed by atoms with van der Waals surface area (Å²) in [5.74, 6) is 0.175. The molecule has 15 heteroatoms. The van der Waals surface area contributed by atoms with Gasteiger partial charge in [0.25, 0.3) is 5.91 Å². The molecule has 2 aromatic carbocycles. The van der Waals surface area contributed by atoms with Crippen LogP contribution in [0, 0.1) is 0 Å². The van der Waals surface area contributed by atoms with Crippen LogP contribution >= 0.6 is 0 Å². The number of esters is 1. The van der Waals surface area contributed by atoms with E-state index in [9.17, 15) is 22.8 Å². The summed E-state index contributed by atoms with van der Waals surface area (Å²) >= 11 is 0. The highest BCUT2D eigenvalue weighted by Gasteiger charge is 2.22. The van der Waals surface area contributed by atoms with E-state index in [1.807, 2.05) is 29.8 Å². The topological polar surface area (TPSA) is 188 Å². The van der Waals surface area contributed by atoms with Crippen LogP contribution in [0.3, 0.4) is 0 Å². The van der Waals surface area contributed by atoms with Gasteiger partial charge in [-0.1, -0.05) is 32.3 Å². The summed E-state index contributed by atoms with van der Waals surface area (Å²) in [6, 6.07) is 17.5. The Labute approximate surface area is 298 Å². The zero-order valence-electron chi connectivity index (χ0n) is 29.2. The quantitative estimate of drug-likeness (QED) is 0.0608. The van der Waals surface area contributed by atoms with E-state index in [4.69, 9.17) is 20.2 Å². The highest BCUT2D eigenvalue weighted by atomic mass is 32.2. The molecule has 2 amide bonds. The maximum absolute atomic E-state index is 13.8. The Hall–Kier alpha value is -5.31. The zero-order valence-corrected chi connectivity index (χ0v) is 30.0. The van der Waals surface area contributed by atoms with Crippen molar-refractivity contribution in [2.24, 2.45) is 17.8 Å². The van der Waals surface area contributed by atoms with Gasteiger partial charge in [-0.15, -0.1) is 0 Å². The van der Waals surface area contributed by atoms with Gasteiger partial charge in [-0.05, 0) is 67.4 Å². The molecule has 0 saturated heterocycles. The lowest BCUT2D eigenvalue weighted by Crippen LogP contribution is -2.34. The van der Waals surface area contributed by atoms with E-state index in [0.717, 1.165) is 49.0 Å². The highest BCUT2D eigenvalue weighted by molar-refractivity contribution is 7.90. The number of aromatic nitrogens is 3. The number of ether oxygens (including phenoxy) is 2. The van der Waals surface area contributed by atoms with Crippen LogP contribution in [-0.4, -0.2) is 78.5 Å². The number of nitrogens with one attached hydrogen (secondary N) is 1. The largest absolute Gasteiger partial charge is 0.466 e. The second kappa shape index (κ2) is 18.6. The van der Waals surface area contributed by atoms with Crippen LogP contribution in [0.15, 0.2) is 71.9 Å². The van der Waals surface area contributed by atoms with Crippen molar-refractivity contribution >= 4 is 56.2 Å². The minimum absolute atomic E-state index is 0.00961. The summed E-state index contributed by atoms with van der Waals surface area (Å²) in [6.07, 6.45) is 6.07. The number of benzene rings is 2. The van der Waals surface area contributed by atoms with Crippen molar-refractivity contribution in [3.8, 4) is 0 Å². The lowest BCUT2D eigenvalue weighted by molar-refractivity contribution is -0.143. The van der Waals surface area contributed by atoms with E-state index in [-0.39, 0.29) is 43.5 Å². The van der Waals surface area contributed by atoms with E-state index < -0.39 is 21.9 Å². The molecule has 0 spiro atoms. The van der Waals surface area contributed by atoms with Gasteiger partial charge in [-0.2, -0.15) is 4.99 Å². The highest BCUT2D eigenvalue weighted by Crippen LogP contribution is 2.21. The molecule has 51 heavy (non-hydrogen) atoms. The van der Waals surface area contributed by atoms with Crippen LogP contribution in [0.5, 0.6) is 0 Å². The van der Waals surface area contributed by atoms with Gasteiger partial charge in [0.2, 0.25) is 0 Å². The van der Waals surface area contributed by atoms with Crippen LogP contribution in [0.2, 0.25) is 0 Å². The number of amidine groups is 1. The van der Waals surface area contributed by atoms with E-state index in [0.29, 0.717) is 35.6 Å². The molecule has 0 fully saturated rings. The Morgan fingerprint density at radius 1 is 0.961 bits per heavy atom. The summed E-state index contributed by atoms with van der Waals surface area (Å²) in [7, 11) is -1.26. The van der Waals surface area contributed by atoms with Crippen LogP contribution in [0.1, 0.15) is 67.2 Å². The van der Waals surface area contributed by atoms with Gasteiger partial charge in [0.05, 0.1) is 43.0 Å². The van der Waals surface area contributed by atoms with Crippen molar-refractivity contribution in [3.05, 3.63) is 83.8 Å². The number of hydrogen-bond donors (Lipinski definition) is 2. The molecule has 2 aromatic heterocycles. The summed E-state index contributed by atoms with van der Waals surface area (Å²) in [4.78, 5) is 52.5. The smallest absolute Gasteiger partial charge is 0.435 e. The molecule has 0 saturated carbocycles. The molecular weight excluding hydrogens is 675 g/mol. The molecule has 0 aliphatic rings. The zero-order chi connectivity index (χ0) is 36.8. The summed E-state index contributed by atoms with van der Waals surface area (Å²) in [5.41, 5.74) is 9.21. The third-order valence-electron chi connectivity index (χ3n) is 7.92. The fraction of sp³-hybridized carbons (Fsp3) is 0.389. The maximum atomic E-state index is 13.8. The third-order valence-corrected chi connectivity index (χ3v) is 8.95. The number of amides is 2. The first-order valence-electron chi connectivity index (χ1n) is 16.8. The molecule has 0 radical (unpaired) electrons. The average molecular weight is 720 g/mol. The van der Waals surface area contributed by atoms with E-state index in [2.05, 4.69) is 22.2 Å². The summed E-state index contributed by atoms with van der Waals surface area (Å²) in [5, 5.41) is 3.33. The first-order chi connectivity index (χ1) is 24.4. The van der Waals surface area contributed by atoms with Gasteiger partial charge in [0.1, 0.15) is 27.3 Å². The van der Waals surface area contributed by atoms with Gasteiger partial charge >= 0.3 is 12.1 Å². The number of hydrogen-bond acceptors (Lipinski definition) is 10. The lowest BCUT2D eigenvalue weighted by atomic mass is 10.1.